The van der Waals surface area contributed by atoms with Gasteiger partial charge < -0.3 is 43.6 Å². The first-order valence-corrected chi connectivity index (χ1v) is 17.5. The van der Waals surface area contributed by atoms with E-state index < -0.39 is 54.4 Å². The quantitative estimate of drug-likeness (QED) is 0.107. The summed E-state index contributed by atoms with van der Waals surface area (Å²) in [6.45, 7) is 4.52. The molecule has 1 aliphatic carbocycles. The van der Waals surface area contributed by atoms with E-state index in [1.165, 1.54) is 10.9 Å². The molecule has 5 rings (SSSR count). The molecule has 0 radical (unpaired) electrons. The lowest BCUT2D eigenvalue weighted by Gasteiger charge is -2.27. The minimum atomic E-state index is -1.31. The second kappa shape index (κ2) is 18.5. The third kappa shape index (κ3) is 11.1. The molecule has 0 aliphatic heterocycles. The molecule has 18 nitrogen and oxygen atoms in total. The molecule has 18 heteroatoms. The third-order valence-electron chi connectivity index (χ3n) is 8.31. The summed E-state index contributed by atoms with van der Waals surface area (Å²) >= 11 is 0. The molecule has 2 heterocycles. The van der Waals surface area contributed by atoms with Crippen LogP contribution in [0.5, 0.6) is 0 Å². The average molecular weight is 764 g/mol. The minimum absolute atomic E-state index is 0.0309. The number of amides is 3. The van der Waals surface area contributed by atoms with E-state index in [4.69, 9.17) is 23.7 Å². The number of methoxy groups -OCH3 is 1. The van der Waals surface area contributed by atoms with Crippen LogP contribution in [0, 0.1) is 0 Å². The van der Waals surface area contributed by atoms with Gasteiger partial charge in [0.2, 0.25) is 11.9 Å². The van der Waals surface area contributed by atoms with Gasteiger partial charge in [-0.2, -0.15) is 4.98 Å². The Bertz CT molecular complexity index is 2000. The van der Waals surface area contributed by atoms with Gasteiger partial charge >= 0.3 is 18.2 Å². The molecule has 1 aliphatic rings. The Morgan fingerprint density at radius 2 is 1.62 bits per heavy atom. The molecule has 2 aromatic heterocycles. The number of carboxylic acids is 1. The Balaban J connectivity index is 1.29. The zero-order chi connectivity index (χ0) is 39.5. The largest absolute Gasteiger partial charge is 0.480 e. The Morgan fingerprint density at radius 3 is 2.27 bits per heavy atom. The van der Waals surface area contributed by atoms with Crippen molar-refractivity contribution in [2.24, 2.45) is 0 Å². The number of nitrogens with one attached hydrogen (secondary N) is 3. The zero-order valence-corrected chi connectivity index (χ0v) is 31.0. The van der Waals surface area contributed by atoms with Crippen molar-refractivity contribution in [1.82, 2.24) is 29.7 Å². The molecular formula is C37H45N7O11. The highest BCUT2D eigenvalue weighted by Crippen LogP contribution is 2.44. The number of hydrogen-bond donors (Lipinski definition) is 4. The fraction of sp³-hybridized carbons (Fsp3) is 0.432. The zero-order valence-electron chi connectivity index (χ0n) is 31.0. The number of nitrogens with zero attached hydrogens (tertiary/aromatic N) is 4. The van der Waals surface area contributed by atoms with Crippen LogP contribution in [-0.2, 0) is 39.8 Å². The van der Waals surface area contributed by atoms with Gasteiger partial charge in [-0.05, 0) is 43.0 Å². The Kier molecular flexibility index (Phi) is 13.5. The molecule has 2 aromatic carbocycles. The number of carbonyl (C=O) groups excluding carboxylic acids is 3. The van der Waals surface area contributed by atoms with E-state index >= 15 is 0 Å². The van der Waals surface area contributed by atoms with E-state index in [0.717, 1.165) is 27.2 Å². The lowest BCUT2D eigenvalue weighted by atomic mass is 9.98. The van der Waals surface area contributed by atoms with Crippen LogP contribution in [0.15, 0.2) is 59.7 Å². The monoisotopic (exact) mass is 763 g/mol. The van der Waals surface area contributed by atoms with Crippen molar-refractivity contribution in [2.45, 2.75) is 44.9 Å². The first-order valence-electron chi connectivity index (χ1n) is 17.5. The smallest absolute Gasteiger partial charge is 0.414 e. The summed E-state index contributed by atoms with van der Waals surface area (Å²) in [6.07, 6.45) is -0.466. The van der Waals surface area contributed by atoms with Crippen LogP contribution in [-0.4, -0.2) is 125 Å². The molecule has 4 aromatic rings. The standard InChI is InChI=1S/C37H45N7O11/c1-37(2,3)55-36(50)42-34-40-32-31(33(48)41-34)38-22-44(32)18-29(45)43(19-30(46)47)17-23(20-53-16-15-52-14-13-51-4)39-35(49)54-21-28-26-11-7-5-9-24(26)25-10-6-8-12-27(25)28/h5-12,22-23,28H,13-21H2,1-4H3,(H,39,49)(H,46,47)(H2,40,41,42,48,50)/t23-/m1/s1. The van der Waals surface area contributed by atoms with Crippen molar-refractivity contribution in [3.8, 4) is 11.1 Å². The van der Waals surface area contributed by atoms with Crippen LogP contribution in [0.25, 0.3) is 22.3 Å². The maximum absolute atomic E-state index is 13.7. The highest BCUT2D eigenvalue weighted by Gasteiger charge is 2.30. The van der Waals surface area contributed by atoms with Crippen molar-refractivity contribution >= 4 is 41.2 Å². The van der Waals surface area contributed by atoms with Crippen LogP contribution in [0.2, 0.25) is 0 Å². The van der Waals surface area contributed by atoms with Crippen LogP contribution in [0.3, 0.4) is 0 Å². The summed E-state index contributed by atoms with van der Waals surface area (Å²) in [5.41, 5.74) is 2.49. The maximum Gasteiger partial charge on any atom is 0.414 e. The molecule has 294 valence electrons. The number of imidazole rings is 1. The predicted molar refractivity (Wildman–Crippen MR) is 198 cm³/mol. The number of carbonyl (C=O) groups is 4. The lowest BCUT2D eigenvalue weighted by Crippen LogP contribution is -2.50. The summed E-state index contributed by atoms with van der Waals surface area (Å²) in [5, 5.41) is 14.8. The van der Waals surface area contributed by atoms with Crippen molar-refractivity contribution in [1.29, 1.82) is 0 Å². The lowest BCUT2D eigenvalue weighted by molar-refractivity contribution is -0.145. The Labute approximate surface area is 316 Å². The van der Waals surface area contributed by atoms with E-state index in [9.17, 15) is 29.1 Å². The molecule has 0 unspecified atom stereocenters. The molecular weight excluding hydrogens is 718 g/mol. The molecule has 4 N–H and O–H groups in total. The van der Waals surface area contributed by atoms with Crippen molar-refractivity contribution in [3.63, 3.8) is 0 Å². The number of fused-ring (bicyclic) bond motifs is 4. The fourth-order valence-electron chi connectivity index (χ4n) is 5.99. The molecule has 0 saturated heterocycles. The molecule has 1 atom stereocenters. The van der Waals surface area contributed by atoms with E-state index in [1.54, 1.807) is 27.9 Å². The number of H-pyrrole nitrogens is 1. The molecule has 0 bridgehead atoms. The van der Waals surface area contributed by atoms with E-state index in [2.05, 4.69) is 25.6 Å². The second-order valence-corrected chi connectivity index (χ2v) is 13.6. The number of alkyl carbamates (subject to hydrolysis) is 1. The molecule has 0 spiro atoms. The van der Waals surface area contributed by atoms with Gasteiger partial charge in [0.15, 0.2) is 11.2 Å². The number of anilines is 1. The molecule has 3 amide bonds. The molecule has 0 saturated carbocycles. The van der Waals surface area contributed by atoms with E-state index in [-0.39, 0.29) is 56.0 Å². The fourth-order valence-corrected chi connectivity index (χ4v) is 5.99. The van der Waals surface area contributed by atoms with E-state index in [0.29, 0.717) is 13.2 Å². The molecule has 0 fully saturated rings. The average Bonchev–Trinajstić information content (AvgIpc) is 3.67. The first-order chi connectivity index (χ1) is 26.3. The van der Waals surface area contributed by atoms with Gasteiger partial charge in [0, 0.05) is 19.6 Å². The predicted octanol–water partition coefficient (Wildman–Crippen LogP) is 2.97. The number of rotatable bonds is 18. The van der Waals surface area contributed by atoms with Crippen LogP contribution < -0.4 is 16.2 Å². The van der Waals surface area contributed by atoms with Crippen LogP contribution in [0.4, 0.5) is 15.5 Å². The summed E-state index contributed by atoms with van der Waals surface area (Å²) in [4.78, 5) is 75.7. The number of aromatic nitrogens is 4. The van der Waals surface area contributed by atoms with Gasteiger partial charge in [0.05, 0.1) is 45.4 Å². The first kappa shape index (κ1) is 40.3. The summed E-state index contributed by atoms with van der Waals surface area (Å²) in [7, 11) is 1.55. The number of aromatic amines is 1. The van der Waals surface area contributed by atoms with Crippen molar-refractivity contribution in [3.05, 3.63) is 76.3 Å². The van der Waals surface area contributed by atoms with E-state index in [1.807, 2.05) is 48.5 Å². The van der Waals surface area contributed by atoms with Gasteiger partial charge in [-0.1, -0.05) is 48.5 Å². The topological polar surface area (TPSA) is 226 Å². The maximum atomic E-state index is 13.7. The SMILES string of the molecule is COCCOCCOC[C@@H](CN(CC(=O)O)C(=O)Cn1cnc2c(=O)[nH]c(NC(=O)OC(C)(C)C)nc21)NC(=O)OCC1c2ccccc2-c2ccccc21. The highest BCUT2D eigenvalue weighted by molar-refractivity contribution is 5.85. The molecule has 55 heavy (non-hydrogen) atoms. The number of aliphatic carboxylic acids is 1. The van der Waals surface area contributed by atoms with Crippen molar-refractivity contribution in [2.75, 3.05) is 65.2 Å². The number of ether oxygens (including phenoxy) is 5. The third-order valence-corrected chi connectivity index (χ3v) is 8.31. The Hall–Kier alpha value is -5.85. The van der Waals surface area contributed by atoms with Gasteiger partial charge in [-0.25, -0.2) is 14.6 Å². The second-order valence-electron chi connectivity index (χ2n) is 13.6. The number of hydrogen-bond acceptors (Lipinski definition) is 12. The van der Waals surface area contributed by atoms with Gasteiger partial charge in [0.25, 0.3) is 5.56 Å². The normalized spacial score (nSPS) is 12.8. The van der Waals surface area contributed by atoms with Gasteiger partial charge in [-0.15, -0.1) is 0 Å². The number of carboxylic acid groups (broad SMARTS) is 1. The van der Waals surface area contributed by atoms with Crippen LogP contribution >= 0.6 is 0 Å². The summed E-state index contributed by atoms with van der Waals surface area (Å²) in [6, 6.07) is 14.9. The Morgan fingerprint density at radius 1 is 0.964 bits per heavy atom. The highest BCUT2D eigenvalue weighted by atomic mass is 16.6. The van der Waals surface area contributed by atoms with Gasteiger partial charge in [-0.3, -0.25) is 24.7 Å². The van der Waals surface area contributed by atoms with Crippen LogP contribution in [0.1, 0.15) is 37.8 Å². The summed E-state index contributed by atoms with van der Waals surface area (Å²) < 4.78 is 28.3. The summed E-state index contributed by atoms with van der Waals surface area (Å²) in [5.74, 6) is -2.46. The minimum Gasteiger partial charge on any atom is -0.480 e. The number of benzene rings is 2. The van der Waals surface area contributed by atoms with Gasteiger partial charge in [0.1, 0.15) is 25.3 Å². The van der Waals surface area contributed by atoms with Crippen molar-refractivity contribution < 1.29 is 48.0 Å².